The van der Waals surface area contributed by atoms with E-state index in [0.29, 0.717) is 6.04 Å². The number of benzene rings is 2. The van der Waals surface area contributed by atoms with Gasteiger partial charge in [0, 0.05) is 17.6 Å². The van der Waals surface area contributed by atoms with Gasteiger partial charge >= 0.3 is 0 Å². The zero-order valence-corrected chi connectivity index (χ0v) is 11.3. The maximum Gasteiger partial charge on any atom is 0.123 e. The summed E-state index contributed by atoms with van der Waals surface area (Å²) < 4.78 is 13.2. The summed E-state index contributed by atoms with van der Waals surface area (Å²) in [6.07, 6.45) is 1.95. The minimum absolute atomic E-state index is 0.148. The quantitative estimate of drug-likeness (QED) is 0.883. The zero-order chi connectivity index (χ0) is 13.2. The van der Waals surface area contributed by atoms with E-state index in [-0.39, 0.29) is 5.82 Å². The third-order valence-corrected chi connectivity index (χ3v) is 4.05. The van der Waals surface area contributed by atoms with E-state index in [1.165, 1.54) is 11.6 Å². The lowest BCUT2D eigenvalue weighted by atomic mass is 10.1. The molecular weight excluding hydrogens is 261 g/mol. The predicted octanol–water partition coefficient (Wildman–Crippen LogP) is 4.26. The van der Waals surface area contributed by atoms with Crippen LogP contribution in [0.2, 0.25) is 5.02 Å². The van der Waals surface area contributed by atoms with Gasteiger partial charge in [-0.1, -0.05) is 35.9 Å². The molecule has 0 aromatic heterocycles. The molecule has 0 spiro atoms. The molecule has 3 heteroatoms. The number of fused-ring (bicyclic) bond motifs is 1. The van der Waals surface area contributed by atoms with Crippen LogP contribution in [0.15, 0.2) is 42.5 Å². The minimum atomic E-state index is -0.148. The molecule has 0 fully saturated rings. The van der Waals surface area contributed by atoms with Gasteiger partial charge in [0.2, 0.25) is 0 Å². The Bertz CT molecular complexity index is 597. The van der Waals surface area contributed by atoms with Crippen molar-refractivity contribution >= 4 is 11.6 Å². The lowest BCUT2D eigenvalue weighted by molar-refractivity contribution is 0.530. The average molecular weight is 276 g/mol. The van der Waals surface area contributed by atoms with E-state index in [4.69, 9.17) is 11.6 Å². The van der Waals surface area contributed by atoms with E-state index in [0.717, 1.165) is 35.5 Å². The van der Waals surface area contributed by atoms with E-state index < -0.39 is 0 Å². The molecule has 0 amide bonds. The Morgan fingerprint density at radius 1 is 1.21 bits per heavy atom. The lowest BCUT2D eigenvalue weighted by Gasteiger charge is -2.14. The summed E-state index contributed by atoms with van der Waals surface area (Å²) >= 11 is 6.14. The molecule has 0 saturated carbocycles. The molecule has 3 rings (SSSR count). The highest BCUT2D eigenvalue weighted by atomic mass is 35.5. The molecular formula is C16H15ClFN. The highest BCUT2D eigenvalue weighted by Gasteiger charge is 2.22. The maximum absolute atomic E-state index is 13.2. The van der Waals surface area contributed by atoms with Gasteiger partial charge in [-0.3, -0.25) is 0 Å². The largest absolute Gasteiger partial charge is 0.306 e. The maximum atomic E-state index is 13.2. The van der Waals surface area contributed by atoms with Gasteiger partial charge in [-0.2, -0.15) is 0 Å². The fourth-order valence-electron chi connectivity index (χ4n) is 2.67. The second kappa shape index (κ2) is 5.32. The Labute approximate surface area is 117 Å². The van der Waals surface area contributed by atoms with Crippen molar-refractivity contribution in [2.75, 3.05) is 0 Å². The average Bonchev–Trinajstić information content (AvgIpc) is 2.80. The van der Waals surface area contributed by atoms with Gasteiger partial charge in [0.15, 0.2) is 0 Å². The molecule has 1 aliphatic rings. The van der Waals surface area contributed by atoms with Crippen LogP contribution in [0, 0.1) is 5.82 Å². The van der Waals surface area contributed by atoms with Gasteiger partial charge in [0.05, 0.1) is 0 Å². The third-order valence-electron chi connectivity index (χ3n) is 3.68. The fourth-order valence-corrected chi connectivity index (χ4v) is 2.88. The Kier molecular flexibility index (Phi) is 3.54. The summed E-state index contributed by atoms with van der Waals surface area (Å²) in [5.74, 6) is -0.148. The van der Waals surface area contributed by atoms with Crippen LogP contribution in [0.1, 0.15) is 29.2 Å². The van der Waals surface area contributed by atoms with Crippen molar-refractivity contribution < 1.29 is 4.39 Å². The number of nitrogens with one attached hydrogen (secondary N) is 1. The Balaban J connectivity index is 1.72. The normalized spacial score (nSPS) is 17.5. The predicted molar refractivity (Wildman–Crippen MR) is 75.8 cm³/mol. The number of halogens is 2. The van der Waals surface area contributed by atoms with Crippen LogP contribution < -0.4 is 5.32 Å². The summed E-state index contributed by atoms with van der Waals surface area (Å²) in [6, 6.07) is 13.2. The fraction of sp³-hybridized carbons (Fsp3) is 0.250. The monoisotopic (exact) mass is 275 g/mol. The molecule has 1 unspecified atom stereocenters. The molecule has 0 saturated heterocycles. The smallest absolute Gasteiger partial charge is 0.123 e. The highest BCUT2D eigenvalue weighted by Crippen LogP contribution is 2.32. The van der Waals surface area contributed by atoms with E-state index in [1.807, 2.05) is 30.3 Å². The molecule has 1 aliphatic carbocycles. The van der Waals surface area contributed by atoms with Crippen molar-refractivity contribution in [1.29, 1.82) is 0 Å². The first-order valence-electron chi connectivity index (χ1n) is 6.49. The van der Waals surface area contributed by atoms with Gasteiger partial charge in [-0.15, -0.1) is 0 Å². The van der Waals surface area contributed by atoms with Crippen molar-refractivity contribution in [2.24, 2.45) is 0 Å². The van der Waals surface area contributed by atoms with Crippen molar-refractivity contribution in [3.05, 3.63) is 70.0 Å². The SMILES string of the molecule is Fc1ccc2c(c1)CCC2NCc1ccccc1Cl. The summed E-state index contributed by atoms with van der Waals surface area (Å²) in [5, 5.41) is 4.29. The van der Waals surface area contributed by atoms with E-state index >= 15 is 0 Å². The molecule has 19 heavy (non-hydrogen) atoms. The standard InChI is InChI=1S/C16H15ClFN/c17-15-4-2-1-3-12(15)10-19-16-8-5-11-9-13(18)6-7-14(11)16/h1-4,6-7,9,16,19H,5,8,10H2. The second-order valence-corrected chi connectivity index (χ2v) is 5.31. The van der Waals surface area contributed by atoms with Crippen molar-refractivity contribution in [1.82, 2.24) is 5.32 Å². The van der Waals surface area contributed by atoms with Crippen molar-refractivity contribution in [3.8, 4) is 0 Å². The Morgan fingerprint density at radius 3 is 2.89 bits per heavy atom. The van der Waals surface area contributed by atoms with Crippen LogP contribution in [0.5, 0.6) is 0 Å². The molecule has 0 radical (unpaired) electrons. The molecule has 1 nitrogen and oxygen atoms in total. The van der Waals surface area contributed by atoms with Crippen LogP contribution in [-0.2, 0) is 13.0 Å². The number of hydrogen-bond donors (Lipinski definition) is 1. The summed E-state index contributed by atoms with van der Waals surface area (Å²) in [7, 11) is 0. The first-order chi connectivity index (χ1) is 9.24. The van der Waals surface area contributed by atoms with Gasteiger partial charge in [0.1, 0.15) is 5.82 Å². The van der Waals surface area contributed by atoms with Crippen molar-refractivity contribution in [3.63, 3.8) is 0 Å². The van der Waals surface area contributed by atoms with Gasteiger partial charge in [-0.05, 0) is 47.7 Å². The van der Waals surface area contributed by atoms with Gasteiger partial charge < -0.3 is 5.32 Å². The van der Waals surface area contributed by atoms with Gasteiger partial charge in [-0.25, -0.2) is 4.39 Å². The van der Waals surface area contributed by atoms with Crippen LogP contribution in [-0.4, -0.2) is 0 Å². The van der Waals surface area contributed by atoms with E-state index in [9.17, 15) is 4.39 Å². The van der Waals surface area contributed by atoms with Crippen LogP contribution in [0.4, 0.5) is 4.39 Å². The molecule has 98 valence electrons. The summed E-state index contributed by atoms with van der Waals surface area (Å²) in [5.41, 5.74) is 3.44. The highest BCUT2D eigenvalue weighted by molar-refractivity contribution is 6.31. The number of hydrogen-bond acceptors (Lipinski definition) is 1. The summed E-state index contributed by atoms with van der Waals surface area (Å²) in [6.45, 7) is 0.737. The third kappa shape index (κ3) is 2.65. The van der Waals surface area contributed by atoms with Crippen molar-refractivity contribution in [2.45, 2.75) is 25.4 Å². The number of aryl methyl sites for hydroxylation is 1. The minimum Gasteiger partial charge on any atom is -0.306 e. The lowest BCUT2D eigenvalue weighted by Crippen LogP contribution is -2.18. The Hall–Kier alpha value is -1.38. The first-order valence-corrected chi connectivity index (χ1v) is 6.87. The molecule has 0 bridgehead atoms. The molecule has 1 atom stereocenters. The van der Waals surface area contributed by atoms with E-state index in [2.05, 4.69) is 5.32 Å². The zero-order valence-electron chi connectivity index (χ0n) is 10.5. The van der Waals surface area contributed by atoms with Crippen LogP contribution >= 0.6 is 11.6 Å². The van der Waals surface area contributed by atoms with Crippen LogP contribution in [0.3, 0.4) is 0 Å². The van der Waals surface area contributed by atoms with Gasteiger partial charge in [0.25, 0.3) is 0 Å². The van der Waals surface area contributed by atoms with Crippen LogP contribution in [0.25, 0.3) is 0 Å². The molecule has 2 aromatic carbocycles. The topological polar surface area (TPSA) is 12.0 Å². The molecule has 1 N–H and O–H groups in total. The first kappa shape index (κ1) is 12.6. The van der Waals surface area contributed by atoms with E-state index in [1.54, 1.807) is 6.07 Å². The molecule has 0 aliphatic heterocycles. The second-order valence-electron chi connectivity index (χ2n) is 4.91. The Morgan fingerprint density at radius 2 is 2.05 bits per heavy atom. The molecule has 2 aromatic rings. The summed E-state index contributed by atoms with van der Waals surface area (Å²) in [4.78, 5) is 0. The number of rotatable bonds is 3. The molecule has 0 heterocycles.